The Morgan fingerprint density at radius 3 is 3.00 bits per heavy atom. The summed E-state index contributed by atoms with van der Waals surface area (Å²) in [7, 11) is 0. The Kier molecular flexibility index (Phi) is 5.97. The number of amides is 1. The number of nitrogen functional groups attached to an aromatic ring is 1. The number of hydrogen-bond acceptors (Lipinski definition) is 5. The van der Waals surface area contributed by atoms with Crippen molar-refractivity contribution in [3.05, 3.63) is 51.8 Å². The van der Waals surface area contributed by atoms with Gasteiger partial charge in [0.05, 0.1) is 11.0 Å². The van der Waals surface area contributed by atoms with Gasteiger partial charge >= 0.3 is 5.69 Å². The van der Waals surface area contributed by atoms with E-state index < -0.39 is 4.92 Å². The molecular formula is C16H20ClN5O3. The van der Waals surface area contributed by atoms with E-state index in [0.717, 1.165) is 30.5 Å². The fraction of sp³-hybridized carbons (Fsp3) is 0.375. The topological polar surface area (TPSA) is 116 Å². The number of halogens is 1. The third kappa shape index (κ3) is 4.48. The molecule has 9 heteroatoms. The van der Waals surface area contributed by atoms with Gasteiger partial charge in [0.2, 0.25) is 5.91 Å². The molecule has 0 saturated heterocycles. The van der Waals surface area contributed by atoms with E-state index in [1.807, 2.05) is 18.2 Å². The second-order valence-corrected chi connectivity index (χ2v) is 5.94. The predicted molar refractivity (Wildman–Crippen MR) is 95.4 cm³/mol. The van der Waals surface area contributed by atoms with Crippen LogP contribution in [0.15, 0.2) is 30.6 Å². The third-order valence-corrected chi connectivity index (χ3v) is 4.21. The minimum Gasteiger partial charge on any atom is -0.399 e. The monoisotopic (exact) mass is 365 g/mol. The number of hydrogen-bond donors (Lipinski definition) is 2. The van der Waals surface area contributed by atoms with Gasteiger partial charge in [-0.3, -0.25) is 19.6 Å². The number of nitrogens with two attached hydrogens (primary N) is 1. The van der Waals surface area contributed by atoms with Gasteiger partial charge in [-0.25, -0.2) is 0 Å². The third-order valence-electron chi connectivity index (χ3n) is 4.21. The van der Waals surface area contributed by atoms with Gasteiger partial charge in [-0.05, 0) is 42.5 Å². The number of carbonyl (C=O) groups is 1. The van der Waals surface area contributed by atoms with E-state index in [9.17, 15) is 14.9 Å². The van der Waals surface area contributed by atoms with E-state index in [1.54, 1.807) is 0 Å². The highest BCUT2D eigenvalue weighted by Crippen LogP contribution is 2.31. The van der Waals surface area contributed by atoms with E-state index in [-0.39, 0.29) is 36.5 Å². The summed E-state index contributed by atoms with van der Waals surface area (Å²) < 4.78 is 1.41. The Morgan fingerprint density at radius 1 is 1.48 bits per heavy atom. The number of nitrogens with one attached hydrogen (secondary N) is 1. The molecule has 2 aromatic rings. The van der Waals surface area contributed by atoms with Crippen LogP contribution in [-0.4, -0.2) is 20.6 Å². The number of anilines is 1. The lowest BCUT2D eigenvalue weighted by molar-refractivity contribution is -0.385. The molecule has 0 radical (unpaired) electrons. The molecule has 1 heterocycles. The van der Waals surface area contributed by atoms with Crippen molar-refractivity contribution in [3.63, 3.8) is 0 Å². The maximum atomic E-state index is 12.2. The molecule has 1 aliphatic rings. The number of benzene rings is 1. The molecule has 0 spiro atoms. The minimum atomic E-state index is -0.506. The largest absolute Gasteiger partial charge is 0.399 e. The smallest absolute Gasteiger partial charge is 0.306 e. The summed E-state index contributed by atoms with van der Waals surface area (Å²) in [5.41, 5.74) is 8.79. The van der Waals surface area contributed by atoms with Crippen molar-refractivity contribution in [2.75, 3.05) is 5.73 Å². The van der Waals surface area contributed by atoms with Crippen molar-refractivity contribution in [2.24, 2.45) is 0 Å². The summed E-state index contributed by atoms with van der Waals surface area (Å²) >= 11 is 0. The Hall–Kier alpha value is -2.61. The van der Waals surface area contributed by atoms with Crippen LogP contribution in [0.25, 0.3) is 0 Å². The number of fused-ring (bicyclic) bond motifs is 1. The fourth-order valence-corrected chi connectivity index (χ4v) is 3.04. The van der Waals surface area contributed by atoms with Gasteiger partial charge < -0.3 is 11.1 Å². The zero-order chi connectivity index (χ0) is 17.1. The molecule has 1 amide bonds. The van der Waals surface area contributed by atoms with Crippen LogP contribution in [0, 0.1) is 10.1 Å². The Morgan fingerprint density at radius 2 is 2.28 bits per heavy atom. The summed E-state index contributed by atoms with van der Waals surface area (Å²) in [6, 6.07) is 5.79. The number of rotatable bonds is 5. The first-order valence-corrected chi connectivity index (χ1v) is 7.87. The first kappa shape index (κ1) is 18.7. The molecule has 1 atom stereocenters. The van der Waals surface area contributed by atoms with Crippen molar-refractivity contribution in [1.29, 1.82) is 0 Å². The number of aromatic nitrogens is 2. The molecule has 1 aromatic carbocycles. The normalized spacial score (nSPS) is 15.8. The number of aryl methyl sites for hydroxylation is 2. The van der Waals surface area contributed by atoms with Gasteiger partial charge in [-0.2, -0.15) is 5.10 Å². The summed E-state index contributed by atoms with van der Waals surface area (Å²) in [4.78, 5) is 22.3. The number of nitro groups is 1. The quantitative estimate of drug-likeness (QED) is 0.479. The summed E-state index contributed by atoms with van der Waals surface area (Å²) in [6.07, 6.45) is 5.61. The minimum absolute atomic E-state index is 0. The Labute approximate surface area is 151 Å². The first-order valence-electron chi connectivity index (χ1n) is 7.87. The maximum Gasteiger partial charge on any atom is 0.306 e. The summed E-state index contributed by atoms with van der Waals surface area (Å²) in [5, 5.41) is 17.5. The van der Waals surface area contributed by atoms with Crippen LogP contribution in [0.1, 0.15) is 36.4 Å². The van der Waals surface area contributed by atoms with E-state index >= 15 is 0 Å². The van der Waals surface area contributed by atoms with Gasteiger partial charge in [-0.15, -0.1) is 12.4 Å². The van der Waals surface area contributed by atoms with Crippen LogP contribution < -0.4 is 11.1 Å². The zero-order valence-corrected chi connectivity index (χ0v) is 14.4. The van der Waals surface area contributed by atoms with Crippen LogP contribution in [-0.2, 0) is 17.8 Å². The van der Waals surface area contributed by atoms with Crippen LogP contribution in [0.3, 0.4) is 0 Å². The highest BCUT2D eigenvalue weighted by atomic mass is 35.5. The summed E-state index contributed by atoms with van der Waals surface area (Å²) in [5.74, 6) is -0.0946. The van der Waals surface area contributed by atoms with Crippen LogP contribution in [0.5, 0.6) is 0 Å². The van der Waals surface area contributed by atoms with Gasteiger partial charge in [0.25, 0.3) is 0 Å². The molecule has 0 saturated carbocycles. The van der Waals surface area contributed by atoms with E-state index in [4.69, 9.17) is 5.73 Å². The van der Waals surface area contributed by atoms with E-state index in [0.29, 0.717) is 6.54 Å². The lowest BCUT2D eigenvalue weighted by Gasteiger charge is -2.26. The van der Waals surface area contributed by atoms with Crippen LogP contribution >= 0.6 is 12.4 Å². The molecule has 1 aromatic heterocycles. The standard InChI is InChI=1S/C16H19N5O3.ClH/c17-12-4-5-14-11(8-12)2-1-3-15(14)19-16(22)6-7-20-10-13(9-18-20)21(23)24;/h4-5,8-10,15H,1-3,6-7,17H2,(H,19,22);1H. The first-order chi connectivity index (χ1) is 11.5. The van der Waals surface area contributed by atoms with Crippen molar-refractivity contribution in [1.82, 2.24) is 15.1 Å². The van der Waals surface area contributed by atoms with Gasteiger partial charge in [-0.1, -0.05) is 6.07 Å². The molecule has 134 valence electrons. The van der Waals surface area contributed by atoms with Crippen molar-refractivity contribution in [3.8, 4) is 0 Å². The van der Waals surface area contributed by atoms with E-state index in [1.165, 1.54) is 22.6 Å². The number of nitrogens with zero attached hydrogens (tertiary/aromatic N) is 3. The van der Waals surface area contributed by atoms with Gasteiger partial charge in [0.1, 0.15) is 12.4 Å². The van der Waals surface area contributed by atoms with Crippen LogP contribution in [0.2, 0.25) is 0 Å². The molecule has 0 bridgehead atoms. The number of carbonyl (C=O) groups excluding carboxylic acids is 1. The molecule has 3 rings (SSSR count). The van der Waals surface area contributed by atoms with E-state index in [2.05, 4.69) is 10.4 Å². The molecule has 3 N–H and O–H groups in total. The van der Waals surface area contributed by atoms with Crippen LogP contribution in [0.4, 0.5) is 11.4 Å². The van der Waals surface area contributed by atoms with Gasteiger partial charge in [0, 0.05) is 18.7 Å². The average Bonchev–Trinajstić information content (AvgIpc) is 3.02. The predicted octanol–water partition coefficient (Wildman–Crippen LogP) is 2.38. The molecule has 1 unspecified atom stereocenters. The van der Waals surface area contributed by atoms with Crippen molar-refractivity contribution < 1.29 is 9.72 Å². The molecule has 1 aliphatic carbocycles. The van der Waals surface area contributed by atoms with Crippen molar-refractivity contribution >= 4 is 29.7 Å². The average molecular weight is 366 g/mol. The Balaban J connectivity index is 0.00000225. The second-order valence-electron chi connectivity index (χ2n) is 5.94. The Bertz CT molecular complexity index is 777. The fourth-order valence-electron chi connectivity index (χ4n) is 3.04. The van der Waals surface area contributed by atoms with Gasteiger partial charge in [0.15, 0.2) is 0 Å². The molecular weight excluding hydrogens is 346 g/mol. The molecule has 0 aliphatic heterocycles. The lowest BCUT2D eigenvalue weighted by atomic mass is 9.87. The highest BCUT2D eigenvalue weighted by Gasteiger charge is 2.21. The summed E-state index contributed by atoms with van der Waals surface area (Å²) in [6.45, 7) is 0.307. The molecule has 25 heavy (non-hydrogen) atoms. The highest BCUT2D eigenvalue weighted by molar-refractivity contribution is 5.85. The molecule has 0 fully saturated rings. The maximum absolute atomic E-state index is 12.2. The van der Waals surface area contributed by atoms with Crippen molar-refractivity contribution in [2.45, 2.75) is 38.3 Å². The second kappa shape index (κ2) is 7.98. The molecule has 8 nitrogen and oxygen atoms in total. The zero-order valence-electron chi connectivity index (χ0n) is 13.6. The SMILES string of the molecule is Cl.Nc1ccc2c(c1)CCCC2NC(=O)CCn1cc([N+](=O)[O-])cn1. The lowest BCUT2D eigenvalue weighted by Crippen LogP contribution is -2.31.